The predicted octanol–water partition coefficient (Wildman–Crippen LogP) is 3.22. The highest BCUT2D eigenvalue weighted by atomic mass is 19.1. The summed E-state index contributed by atoms with van der Waals surface area (Å²) in [7, 11) is 1.52. The van der Waals surface area contributed by atoms with Crippen molar-refractivity contribution in [2.45, 2.75) is 19.9 Å². The molecule has 6 nitrogen and oxygen atoms in total. The molecule has 1 amide bonds. The van der Waals surface area contributed by atoms with Crippen LogP contribution in [-0.2, 0) is 0 Å². The van der Waals surface area contributed by atoms with Gasteiger partial charge in [-0.2, -0.15) is 5.10 Å². The van der Waals surface area contributed by atoms with Crippen molar-refractivity contribution in [3.63, 3.8) is 0 Å². The van der Waals surface area contributed by atoms with Crippen molar-refractivity contribution in [1.29, 1.82) is 0 Å². The lowest BCUT2D eigenvalue weighted by molar-refractivity contribution is 0.0731. The van der Waals surface area contributed by atoms with Crippen LogP contribution in [0.5, 0.6) is 5.75 Å². The molecule has 0 saturated carbocycles. The van der Waals surface area contributed by atoms with E-state index in [1.54, 1.807) is 44.2 Å². The second-order valence-electron chi connectivity index (χ2n) is 6.51. The maximum atomic E-state index is 14.2. The fourth-order valence-electron chi connectivity index (χ4n) is 2.96. The number of phenols is 1. The fourth-order valence-corrected chi connectivity index (χ4v) is 2.96. The lowest BCUT2D eigenvalue weighted by atomic mass is 10.1. The maximum absolute atomic E-state index is 14.2. The SMILES string of the molecule is Cc1cc(=O)c(C(=O)N(C)C(C)c2ccccc2O)nn1-c1ccccc1F. The van der Waals surface area contributed by atoms with Crippen molar-refractivity contribution in [2.24, 2.45) is 0 Å². The van der Waals surface area contributed by atoms with Crippen molar-refractivity contribution in [1.82, 2.24) is 14.7 Å². The minimum Gasteiger partial charge on any atom is -0.508 e. The number of amides is 1. The number of nitrogens with zero attached hydrogens (tertiary/aromatic N) is 3. The standard InChI is InChI=1S/C21H20FN3O3/c1-13-12-19(27)20(23-25(13)17-10-6-5-9-16(17)22)21(28)24(3)14(2)15-8-4-7-11-18(15)26/h4-12,14,26H,1-3H3. The Morgan fingerprint density at radius 3 is 2.50 bits per heavy atom. The quantitative estimate of drug-likeness (QED) is 0.753. The molecule has 144 valence electrons. The largest absolute Gasteiger partial charge is 0.508 e. The summed E-state index contributed by atoms with van der Waals surface area (Å²) in [5.41, 5.74) is 0.221. The van der Waals surface area contributed by atoms with E-state index in [0.29, 0.717) is 11.3 Å². The third-order valence-electron chi connectivity index (χ3n) is 4.68. The summed E-state index contributed by atoms with van der Waals surface area (Å²) in [6.07, 6.45) is 0. The molecule has 3 aromatic rings. The average Bonchev–Trinajstić information content (AvgIpc) is 2.68. The molecule has 0 saturated heterocycles. The first-order valence-electron chi connectivity index (χ1n) is 8.72. The van der Waals surface area contributed by atoms with Crippen LogP contribution >= 0.6 is 0 Å². The van der Waals surface area contributed by atoms with Crippen LogP contribution < -0.4 is 5.43 Å². The molecule has 0 radical (unpaired) electrons. The van der Waals surface area contributed by atoms with Gasteiger partial charge in [0, 0.05) is 24.4 Å². The number of hydrogen-bond donors (Lipinski definition) is 1. The van der Waals surface area contributed by atoms with E-state index in [-0.39, 0.29) is 17.1 Å². The first-order chi connectivity index (χ1) is 13.3. The van der Waals surface area contributed by atoms with Crippen molar-refractivity contribution in [2.75, 3.05) is 7.05 Å². The summed E-state index contributed by atoms with van der Waals surface area (Å²) in [4.78, 5) is 26.7. The van der Waals surface area contributed by atoms with Gasteiger partial charge in [-0.15, -0.1) is 0 Å². The molecule has 0 aliphatic rings. The van der Waals surface area contributed by atoms with Crippen molar-refractivity contribution >= 4 is 5.91 Å². The zero-order valence-electron chi connectivity index (χ0n) is 15.8. The molecule has 1 atom stereocenters. The summed E-state index contributed by atoms with van der Waals surface area (Å²) >= 11 is 0. The molecule has 0 spiro atoms. The Bertz CT molecular complexity index is 1090. The number of halogens is 1. The molecule has 0 aliphatic carbocycles. The van der Waals surface area contributed by atoms with E-state index in [1.807, 2.05) is 0 Å². The molecule has 1 unspecified atom stereocenters. The van der Waals surface area contributed by atoms with Crippen LogP contribution in [-0.4, -0.2) is 32.7 Å². The van der Waals surface area contributed by atoms with E-state index >= 15 is 0 Å². The van der Waals surface area contributed by atoms with Crippen LogP contribution in [0.4, 0.5) is 4.39 Å². The van der Waals surface area contributed by atoms with Crippen LogP contribution in [0.15, 0.2) is 59.4 Å². The molecule has 1 heterocycles. The fraction of sp³-hybridized carbons (Fsp3) is 0.190. The second kappa shape index (κ2) is 7.64. The number of benzene rings is 2. The van der Waals surface area contributed by atoms with Gasteiger partial charge in [0.25, 0.3) is 5.91 Å². The van der Waals surface area contributed by atoms with E-state index in [0.717, 1.165) is 0 Å². The van der Waals surface area contributed by atoms with Gasteiger partial charge in [0.1, 0.15) is 17.3 Å². The lowest BCUT2D eigenvalue weighted by Gasteiger charge is -2.25. The first-order valence-corrected chi connectivity index (χ1v) is 8.72. The smallest absolute Gasteiger partial charge is 0.278 e. The topological polar surface area (TPSA) is 75.4 Å². The minimum atomic E-state index is -0.620. The molecule has 28 heavy (non-hydrogen) atoms. The maximum Gasteiger partial charge on any atom is 0.278 e. The number of hydrogen-bond acceptors (Lipinski definition) is 4. The molecule has 0 fully saturated rings. The number of carbonyl (C=O) groups excluding carboxylic acids is 1. The van der Waals surface area contributed by atoms with Gasteiger partial charge in [0.15, 0.2) is 5.69 Å². The van der Waals surface area contributed by atoms with Crippen LogP contribution in [0.25, 0.3) is 5.69 Å². The Labute approximate surface area is 161 Å². The lowest BCUT2D eigenvalue weighted by Crippen LogP contribution is -2.35. The van der Waals surface area contributed by atoms with E-state index in [4.69, 9.17) is 0 Å². The average molecular weight is 381 g/mol. The van der Waals surface area contributed by atoms with E-state index in [1.165, 1.54) is 40.9 Å². The molecule has 1 N–H and O–H groups in total. The zero-order valence-corrected chi connectivity index (χ0v) is 15.8. The summed E-state index contributed by atoms with van der Waals surface area (Å²) in [6.45, 7) is 3.35. The molecule has 1 aromatic heterocycles. The number of carbonyl (C=O) groups is 1. The van der Waals surface area contributed by atoms with E-state index in [9.17, 15) is 19.1 Å². The van der Waals surface area contributed by atoms with Gasteiger partial charge in [-0.3, -0.25) is 9.59 Å². The van der Waals surface area contributed by atoms with Gasteiger partial charge in [-0.25, -0.2) is 9.07 Å². The molecule has 3 rings (SSSR count). The first kappa shape index (κ1) is 19.3. The Morgan fingerprint density at radius 1 is 1.18 bits per heavy atom. The monoisotopic (exact) mass is 381 g/mol. The number of aromatic nitrogens is 2. The molecule has 0 aliphatic heterocycles. The van der Waals surface area contributed by atoms with Crippen molar-refractivity contribution in [3.05, 3.63) is 87.6 Å². The number of rotatable bonds is 4. The third-order valence-corrected chi connectivity index (χ3v) is 4.68. The van der Waals surface area contributed by atoms with Gasteiger partial charge in [-0.1, -0.05) is 30.3 Å². The van der Waals surface area contributed by atoms with Gasteiger partial charge >= 0.3 is 0 Å². The van der Waals surface area contributed by atoms with Crippen LogP contribution in [0.1, 0.15) is 34.7 Å². The third kappa shape index (κ3) is 3.51. The van der Waals surface area contributed by atoms with Gasteiger partial charge in [0.2, 0.25) is 5.43 Å². The Balaban J connectivity index is 2.02. The summed E-state index contributed by atoms with van der Waals surface area (Å²) < 4.78 is 15.4. The second-order valence-corrected chi connectivity index (χ2v) is 6.51. The Morgan fingerprint density at radius 2 is 1.82 bits per heavy atom. The number of phenolic OH excluding ortho intramolecular Hbond substituents is 1. The van der Waals surface area contributed by atoms with Crippen molar-refractivity contribution in [3.8, 4) is 11.4 Å². The normalized spacial score (nSPS) is 11.9. The molecule has 2 aromatic carbocycles. The van der Waals surface area contributed by atoms with Gasteiger partial charge < -0.3 is 10.0 Å². The Kier molecular flexibility index (Phi) is 5.26. The van der Waals surface area contributed by atoms with Crippen LogP contribution in [0.3, 0.4) is 0 Å². The number of aryl methyl sites for hydroxylation is 1. The Hall–Kier alpha value is -3.48. The molecule has 7 heteroatoms. The molecular weight excluding hydrogens is 361 g/mol. The summed E-state index contributed by atoms with van der Waals surface area (Å²) in [5, 5.41) is 14.2. The van der Waals surface area contributed by atoms with Crippen LogP contribution in [0.2, 0.25) is 0 Å². The van der Waals surface area contributed by atoms with Crippen molar-refractivity contribution < 1.29 is 14.3 Å². The van der Waals surface area contributed by atoms with Crippen LogP contribution in [0, 0.1) is 12.7 Å². The number of aromatic hydroxyl groups is 1. The highest BCUT2D eigenvalue weighted by Gasteiger charge is 2.25. The summed E-state index contributed by atoms with van der Waals surface area (Å²) in [6, 6.07) is 13.4. The zero-order chi connectivity index (χ0) is 20.4. The minimum absolute atomic E-state index is 0.0512. The van der Waals surface area contributed by atoms with E-state index < -0.39 is 23.2 Å². The summed E-state index contributed by atoms with van der Waals surface area (Å²) in [5.74, 6) is -1.09. The van der Waals surface area contributed by atoms with E-state index in [2.05, 4.69) is 5.10 Å². The molecular formula is C21H20FN3O3. The predicted molar refractivity (Wildman–Crippen MR) is 103 cm³/mol. The molecule has 0 bridgehead atoms. The van der Waals surface area contributed by atoms with Gasteiger partial charge in [-0.05, 0) is 32.0 Å². The highest BCUT2D eigenvalue weighted by molar-refractivity contribution is 5.92. The number of para-hydroxylation sites is 2. The highest BCUT2D eigenvalue weighted by Crippen LogP contribution is 2.27. The van der Waals surface area contributed by atoms with Gasteiger partial charge in [0.05, 0.1) is 6.04 Å².